The van der Waals surface area contributed by atoms with Gasteiger partial charge in [-0.1, -0.05) is 45.0 Å². The van der Waals surface area contributed by atoms with Gasteiger partial charge in [0.2, 0.25) is 10.0 Å². The van der Waals surface area contributed by atoms with Crippen LogP contribution in [-0.4, -0.2) is 18.0 Å². The molecule has 3 aromatic carbocycles. The molecule has 0 radical (unpaired) electrons. The Morgan fingerprint density at radius 1 is 0.862 bits per heavy atom. The molecule has 5 nitrogen and oxygen atoms in total. The lowest BCUT2D eigenvalue weighted by molar-refractivity contribution is 0.590. The van der Waals surface area contributed by atoms with E-state index in [-0.39, 0.29) is 10.3 Å². The molecular weight excluding hydrogens is 382 g/mol. The normalized spacial score (nSPS) is 12.4. The third kappa shape index (κ3) is 3.69. The molecule has 0 spiro atoms. The van der Waals surface area contributed by atoms with Crippen molar-refractivity contribution in [2.45, 2.75) is 31.1 Å². The van der Waals surface area contributed by atoms with Gasteiger partial charge in [0, 0.05) is 11.3 Å². The summed E-state index contributed by atoms with van der Waals surface area (Å²) in [5.74, 6) is 0.746. The van der Waals surface area contributed by atoms with E-state index in [0.717, 1.165) is 28.1 Å². The maximum Gasteiger partial charge on any atom is 0.238 e. The molecule has 0 aliphatic rings. The van der Waals surface area contributed by atoms with Crippen molar-refractivity contribution >= 4 is 21.1 Å². The summed E-state index contributed by atoms with van der Waals surface area (Å²) in [5.41, 5.74) is 5.00. The number of hydrogen-bond donors (Lipinski definition) is 1. The van der Waals surface area contributed by atoms with E-state index in [0.29, 0.717) is 0 Å². The van der Waals surface area contributed by atoms with Crippen molar-refractivity contribution in [2.75, 3.05) is 0 Å². The summed E-state index contributed by atoms with van der Waals surface area (Å²) >= 11 is 0. The Labute approximate surface area is 170 Å². The molecule has 0 atom stereocenters. The Kier molecular flexibility index (Phi) is 4.56. The van der Waals surface area contributed by atoms with Gasteiger partial charge in [-0.2, -0.15) is 0 Å². The highest BCUT2D eigenvalue weighted by Crippen LogP contribution is 2.30. The van der Waals surface area contributed by atoms with E-state index in [1.54, 1.807) is 12.1 Å². The molecule has 0 fully saturated rings. The lowest BCUT2D eigenvalue weighted by Gasteiger charge is -2.19. The second-order valence-corrected chi connectivity index (χ2v) is 9.69. The third-order valence-corrected chi connectivity index (χ3v) is 5.92. The van der Waals surface area contributed by atoms with Crippen molar-refractivity contribution in [1.29, 1.82) is 0 Å². The molecule has 0 saturated heterocycles. The highest BCUT2D eigenvalue weighted by Gasteiger charge is 2.17. The number of rotatable bonds is 3. The van der Waals surface area contributed by atoms with E-state index in [4.69, 9.17) is 10.1 Å². The fraction of sp³-hybridized carbons (Fsp3) is 0.174. The summed E-state index contributed by atoms with van der Waals surface area (Å²) in [7, 11) is -3.73. The average Bonchev–Trinajstić information content (AvgIpc) is 3.06. The summed E-state index contributed by atoms with van der Waals surface area (Å²) < 4.78 is 25.3. The molecule has 6 heteroatoms. The number of imidazole rings is 1. The zero-order valence-corrected chi connectivity index (χ0v) is 17.4. The number of nitrogens with zero attached hydrogens (tertiary/aromatic N) is 2. The van der Waals surface area contributed by atoms with Crippen molar-refractivity contribution in [3.05, 3.63) is 78.4 Å². The molecule has 0 aliphatic carbocycles. The molecule has 4 rings (SSSR count). The quantitative estimate of drug-likeness (QED) is 0.539. The number of aromatic nitrogens is 2. The number of primary sulfonamides is 1. The van der Waals surface area contributed by atoms with Gasteiger partial charge in [-0.25, -0.2) is 18.5 Å². The van der Waals surface area contributed by atoms with E-state index in [2.05, 4.69) is 49.6 Å². The minimum Gasteiger partial charge on any atom is -0.292 e. The molecule has 0 amide bonds. The van der Waals surface area contributed by atoms with Crippen LogP contribution < -0.4 is 5.14 Å². The van der Waals surface area contributed by atoms with Gasteiger partial charge < -0.3 is 0 Å². The molecular formula is C23H23N3O2S. The molecule has 4 aromatic rings. The largest absolute Gasteiger partial charge is 0.292 e. The van der Waals surface area contributed by atoms with Crippen LogP contribution in [0.15, 0.2) is 77.7 Å². The van der Waals surface area contributed by atoms with Gasteiger partial charge in [-0.05, 0) is 59.5 Å². The number of sulfonamides is 1. The highest BCUT2D eigenvalue weighted by molar-refractivity contribution is 7.89. The van der Waals surface area contributed by atoms with Crippen LogP contribution in [0.4, 0.5) is 0 Å². The predicted octanol–water partition coefficient (Wildman–Crippen LogP) is 4.64. The molecule has 1 aromatic heterocycles. The molecule has 0 saturated carbocycles. The van der Waals surface area contributed by atoms with E-state index < -0.39 is 10.0 Å². The molecule has 29 heavy (non-hydrogen) atoms. The van der Waals surface area contributed by atoms with E-state index in [1.807, 2.05) is 24.3 Å². The standard InChI is InChI=1S/C23H23N3O2S/c1-23(2,3)17-10-12-18(13-11-17)26-21-7-5-4-6-20(21)25-22(26)16-8-14-19(15-9-16)29(24,27)28/h4-15H,1-3H3,(H2,24,27,28). The molecule has 0 bridgehead atoms. The monoisotopic (exact) mass is 405 g/mol. The van der Waals surface area contributed by atoms with Crippen molar-refractivity contribution in [2.24, 2.45) is 5.14 Å². The Balaban J connectivity index is 1.90. The summed E-state index contributed by atoms with van der Waals surface area (Å²) in [5, 5.41) is 5.23. The number of para-hydroxylation sites is 2. The van der Waals surface area contributed by atoms with E-state index in [1.165, 1.54) is 17.7 Å². The number of benzene rings is 3. The first-order chi connectivity index (χ1) is 13.6. The van der Waals surface area contributed by atoms with Crippen LogP contribution in [-0.2, 0) is 15.4 Å². The van der Waals surface area contributed by atoms with Crippen LogP contribution in [0.25, 0.3) is 28.1 Å². The van der Waals surface area contributed by atoms with Crippen LogP contribution >= 0.6 is 0 Å². The number of nitrogens with two attached hydrogens (primary N) is 1. The Morgan fingerprint density at radius 2 is 1.48 bits per heavy atom. The van der Waals surface area contributed by atoms with Gasteiger partial charge in [0.15, 0.2) is 0 Å². The Morgan fingerprint density at radius 3 is 2.07 bits per heavy atom. The Bertz CT molecular complexity index is 1280. The molecule has 0 aliphatic heterocycles. The first kappa shape index (κ1) is 19.4. The SMILES string of the molecule is CC(C)(C)c1ccc(-n2c(-c3ccc(S(N)(=O)=O)cc3)nc3ccccc32)cc1. The smallest absolute Gasteiger partial charge is 0.238 e. The zero-order chi connectivity index (χ0) is 20.8. The zero-order valence-electron chi connectivity index (χ0n) is 16.6. The lowest BCUT2D eigenvalue weighted by atomic mass is 9.87. The van der Waals surface area contributed by atoms with Crippen LogP contribution in [0, 0.1) is 0 Å². The van der Waals surface area contributed by atoms with Crippen molar-refractivity contribution in [3.8, 4) is 17.1 Å². The fourth-order valence-corrected chi connectivity index (χ4v) is 3.90. The summed E-state index contributed by atoms with van der Waals surface area (Å²) in [6.45, 7) is 6.56. The van der Waals surface area contributed by atoms with Crippen LogP contribution in [0.3, 0.4) is 0 Å². The minimum absolute atomic E-state index is 0.0713. The molecule has 0 unspecified atom stereocenters. The van der Waals surface area contributed by atoms with Gasteiger partial charge in [0.05, 0.1) is 15.9 Å². The van der Waals surface area contributed by atoms with Gasteiger partial charge >= 0.3 is 0 Å². The average molecular weight is 406 g/mol. The predicted molar refractivity (Wildman–Crippen MR) is 117 cm³/mol. The van der Waals surface area contributed by atoms with Crippen LogP contribution in [0.2, 0.25) is 0 Å². The van der Waals surface area contributed by atoms with Crippen molar-refractivity contribution in [1.82, 2.24) is 9.55 Å². The molecule has 148 valence electrons. The second kappa shape index (κ2) is 6.83. The van der Waals surface area contributed by atoms with Crippen LogP contribution in [0.5, 0.6) is 0 Å². The fourth-order valence-electron chi connectivity index (χ4n) is 3.39. The topological polar surface area (TPSA) is 78.0 Å². The van der Waals surface area contributed by atoms with Gasteiger partial charge in [-0.3, -0.25) is 4.57 Å². The first-order valence-electron chi connectivity index (χ1n) is 9.36. The van der Waals surface area contributed by atoms with Crippen molar-refractivity contribution in [3.63, 3.8) is 0 Å². The summed E-state index contributed by atoms with van der Waals surface area (Å²) in [4.78, 5) is 4.89. The lowest BCUT2D eigenvalue weighted by Crippen LogP contribution is -2.12. The second-order valence-electron chi connectivity index (χ2n) is 8.13. The molecule has 1 heterocycles. The van der Waals surface area contributed by atoms with Gasteiger partial charge in [0.25, 0.3) is 0 Å². The van der Waals surface area contributed by atoms with E-state index >= 15 is 0 Å². The van der Waals surface area contributed by atoms with E-state index in [9.17, 15) is 8.42 Å². The summed E-state index contributed by atoms with van der Waals surface area (Å²) in [6, 6.07) is 22.9. The minimum atomic E-state index is -3.73. The maximum atomic E-state index is 11.6. The highest BCUT2D eigenvalue weighted by atomic mass is 32.2. The maximum absolute atomic E-state index is 11.6. The number of hydrogen-bond acceptors (Lipinski definition) is 3. The van der Waals surface area contributed by atoms with Gasteiger partial charge in [0.1, 0.15) is 5.82 Å². The van der Waals surface area contributed by atoms with Gasteiger partial charge in [-0.15, -0.1) is 0 Å². The van der Waals surface area contributed by atoms with Crippen LogP contribution in [0.1, 0.15) is 26.3 Å². The third-order valence-electron chi connectivity index (χ3n) is 4.99. The summed E-state index contributed by atoms with van der Waals surface area (Å²) in [6.07, 6.45) is 0. The first-order valence-corrected chi connectivity index (χ1v) is 10.9. The number of fused-ring (bicyclic) bond motifs is 1. The molecule has 2 N–H and O–H groups in total. The van der Waals surface area contributed by atoms with Crippen molar-refractivity contribution < 1.29 is 8.42 Å². The Hall–Kier alpha value is -2.96.